The maximum Gasteiger partial charge on any atom is 0.220 e. The first-order chi connectivity index (χ1) is 8.49. The first kappa shape index (κ1) is 12.7. The molecule has 6 nitrogen and oxygen atoms in total. The van der Waals surface area contributed by atoms with E-state index in [-0.39, 0.29) is 11.9 Å². The summed E-state index contributed by atoms with van der Waals surface area (Å²) in [5.74, 6) is 1.26. The van der Waals surface area contributed by atoms with Crippen LogP contribution in [0, 0.1) is 0 Å². The third-order valence-corrected chi connectivity index (χ3v) is 3.26. The van der Waals surface area contributed by atoms with Crippen LogP contribution in [0.5, 0.6) is 0 Å². The molecule has 1 aromatic heterocycles. The topological polar surface area (TPSA) is 85.0 Å². The van der Waals surface area contributed by atoms with E-state index in [1.165, 1.54) is 0 Å². The van der Waals surface area contributed by atoms with E-state index in [1.807, 2.05) is 7.05 Å². The van der Waals surface area contributed by atoms with Gasteiger partial charge in [0.05, 0.1) is 11.4 Å². The van der Waals surface area contributed by atoms with Crippen molar-refractivity contribution in [1.29, 1.82) is 0 Å². The monoisotopic (exact) mass is 251 g/mol. The van der Waals surface area contributed by atoms with Crippen LogP contribution in [0.25, 0.3) is 0 Å². The summed E-state index contributed by atoms with van der Waals surface area (Å²) < 4.78 is 1.77. The number of anilines is 2. The van der Waals surface area contributed by atoms with Crippen molar-refractivity contribution in [3.63, 3.8) is 0 Å². The fourth-order valence-electron chi connectivity index (χ4n) is 2.25. The van der Waals surface area contributed by atoms with E-state index in [0.29, 0.717) is 24.6 Å². The SMILES string of the molecule is CC(C)c1nn(C)c(NCC2CCC(=O)N2)c1N. The van der Waals surface area contributed by atoms with Gasteiger partial charge in [-0.2, -0.15) is 5.10 Å². The highest BCUT2D eigenvalue weighted by Gasteiger charge is 2.22. The van der Waals surface area contributed by atoms with Gasteiger partial charge in [-0.05, 0) is 12.3 Å². The molecule has 0 aliphatic carbocycles. The number of nitrogens with one attached hydrogen (secondary N) is 2. The molecule has 0 saturated carbocycles. The number of nitrogens with zero attached hydrogens (tertiary/aromatic N) is 2. The van der Waals surface area contributed by atoms with E-state index in [0.717, 1.165) is 17.9 Å². The summed E-state index contributed by atoms with van der Waals surface area (Å²) >= 11 is 0. The summed E-state index contributed by atoms with van der Waals surface area (Å²) in [7, 11) is 1.87. The van der Waals surface area contributed by atoms with Crippen molar-refractivity contribution in [3.05, 3.63) is 5.69 Å². The van der Waals surface area contributed by atoms with E-state index in [4.69, 9.17) is 5.73 Å². The van der Waals surface area contributed by atoms with Crippen LogP contribution >= 0.6 is 0 Å². The van der Waals surface area contributed by atoms with Crippen molar-refractivity contribution in [2.45, 2.75) is 38.6 Å². The smallest absolute Gasteiger partial charge is 0.220 e. The molecule has 6 heteroatoms. The molecule has 1 aliphatic heterocycles. The molecule has 1 fully saturated rings. The summed E-state index contributed by atoms with van der Waals surface area (Å²) in [5.41, 5.74) is 7.70. The van der Waals surface area contributed by atoms with Crippen LogP contribution in [-0.2, 0) is 11.8 Å². The Balaban J connectivity index is 2.03. The van der Waals surface area contributed by atoms with Crippen molar-refractivity contribution in [1.82, 2.24) is 15.1 Å². The Morgan fingerprint density at radius 1 is 1.61 bits per heavy atom. The Morgan fingerprint density at radius 3 is 2.83 bits per heavy atom. The lowest BCUT2D eigenvalue weighted by Gasteiger charge is -2.13. The highest BCUT2D eigenvalue weighted by molar-refractivity contribution is 5.78. The predicted octanol–water partition coefficient (Wildman–Crippen LogP) is 0.816. The first-order valence-corrected chi connectivity index (χ1v) is 6.34. The van der Waals surface area contributed by atoms with Crippen molar-refractivity contribution in [3.8, 4) is 0 Å². The zero-order chi connectivity index (χ0) is 13.3. The fourth-order valence-corrected chi connectivity index (χ4v) is 2.25. The highest BCUT2D eigenvalue weighted by Crippen LogP contribution is 2.27. The Bertz CT molecular complexity index is 452. The standard InChI is InChI=1S/C12H21N5O/c1-7(2)11-10(13)12(17(3)16-11)14-6-8-4-5-9(18)15-8/h7-8,14H,4-6,13H2,1-3H3,(H,15,18). The van der Waals surface area contributed by atoms with Gasteiger partial charge < -0.3 is 16.4 Å². The van der Waals surface area contributed by atoms with Crippen LogP contribution in [0.3, 0.4) is 0 Å². The van der Waals surface area contributed by atoms with Gasteiger partial charge in [0.15, 0.2) is 0 Å². The second-order valence-corrected chi connectivity index (χ2v) is 5.11. The summed E-state index contributed by atoms with van der Waals surface area (Å²) in [4.78, 5) is 11.1. The third-order valence-electron chi connectivity index (χ3n) is 3.26. The van der Waals surface area contributed by atoms with Gasteiger partial charge in [-0.15, -0.1) is 0 Å². The minimum atomic E-state index is 0.127. The molecule has 1 unspecified atom stereocenters. The number of hydrogen-bond donors (Lipinski definition) is 3. The molecule has 2 rings (SSSR count). The third kappa shape index (κ3) is 2.42. The fraction of sp³-hybridized carbons (Fsp3) is 0.667. The number of aromatic nitrogens is 2. The summed E-state index contributed by atoms with van der Waals surface area (Å²) in [6.07, 6.45) is 1.49. The van der Waals surface area contributed by atoms with Gasteiger partial charge in [0.25, 0.3) is 0 Å². The molecule has 1 aromatic rings. The van der Waals surface area contributed by atoms with Crippen LogP contribution in [0.1, 0.15) is 38.3 Å². The van der Waals surface area contributed by atoms with Crippen LogP contribution in [0.4, 0.5) is 11.5 Å². The largest absolute Gasteiger partial charge is 0.394 e. The van der Waals surface area contributed by atoms with Gasteiger partial charge in [-0.25, -0.2) is 0 Å². The van der Waals surface area contributed by atoms with Crippen molar-refractivity contribution in [2.24, 2.45) is 7.05 Å². The molecule has 4 N–H and O–H groups in total. The lowest BCUT2D eigenvalue weighted by molar-refractivity contribution is -0.119. The van der Waals surface area contributed by atoms with Crippen LogP contribution in [0.15, 0.2) is 0 Å². The highest BCUT2D eigenvalue weighted by atomic mass is 16.1. The van der Waals surface area contributed by atoms with Crippen LogP contribution in [-0.4, -0.2) is 28.3 Å². The average molecular weight is 251 g/mol. The van der Waals surface area contributed by atoms with Gasteiger partial charge in [0, 0.05) is 26.1 Å². The number of amides is 1. The second-order valence-electron chi connectivity index (χ2n) is 5.11. The lowest BCUT2D eigenvalue weighted by Crippen LogP contribution is -2.32. The zero-order valence-electron chi connectivity index (χ0n) is 11.2. The van der Waals surface area contributed by atoms with E-state index >= 15 is 0 Å². The van der Waals surface area contributed by atoms with E-state index < -0.39 is 0 Å². The predicted molar refractivity (Wildman–Crippen MR) is 71.4 cm³/mol. The Hall–Kier alpha value is -1.72. The molecule has 0 radical (unpaired) electrons. The van der Waals surface area contributed by atoms with Crippen molar-refractivity contribution < 1.29 is 4.79 Å². The Morgan fingerprint density at radius 2 is 2.33 bits per heavy atom. The minimum absolute atomic E-state index is 0.127. The van der Waals surface area contributed by atoms with Gasteiger partial charge in [0.2, 0.25) is 5.91 Å². The quantitative estimate of drug-likeness (QED) is 0.739. The molecule has 1 amide bonds. The minimum Gasteiger partial charge on any atom is -0.394 e. The summed E-state index contributed by atoms with van der Waals surface area (Å²) in [5, 5.41) is 10.6. The first-order valence-electron chi connectivity index (χ1n) is 6.34. The maximum atomic E-state index is 11.1. The van der Waals surface area contributed by atoms with Gasteiger partial charge >= 0.3 is 0 Å². The summed E-state index contributed by atoms with van der Waals surface area (Å²) in [6.45, 7) is 4.83. The molecular weight excluding hydrogens is 230 g/mol. The zero-order valence-corrected chi connectivity index (χ0v) is 11.2. The van der Waals surface area contributed by atoms with Gasteiger partial charge in [0.1, 0.15) is 5.82 Å². The average Bonchev–Trinajstić information content (AvgIpc) is 2.82. The molecule has 0 aromatic carbocycles. The maximum absolute atomic E-state index is 11.1. The Labute approximate surface area is 107 Å². The number of nitrogens with two attached hydrogens (primary N) is 1. The molecule has 2 heterocycles. The molecule has 0 bridgehead atoms. The van der Waals surface area contributed by atoms with Gasteiger partial charge in [-0.1, -0.05) is 13.8 Å². The number of hydrogen-bond acceptors (Lipinski definition) is 4. The molecule has 100 valence electrons. The lowest BCUT2D eigenvalue weighted by atomic mass is 10.1. The van der Waals surface area contributed by atoms with Crippen LogP contribution in [0.2, 0.25) is 0 Å². The number of rotatable bonds is 4. The number of carbonyl (C=O) groups excluding carboxylic acids is 1. The van der Waals surface area contributed by atoms with E-state index in [9.17, 15) is 4.79 Å². The van der Waals surface area contributed by atoms with Crippen molar-refractivity contribution >= 4 is 17.4 Å². The van der Waals surface area contributed by atoms with E-state index in [1.54, 1.807) is 4.68 Å². The Kier molecular flexibility index (Phi) is 3.45. The number of carbonyl (C=O) groups is 1. The molecule has 0 spiro atoms. The van der Waals surface area contributed by atoms with Crippen molar-refractivity contribution in [2.75, 3.05) is 17.6 Å². The molecule has 1 atom stereocenters. The van der Waals surface area contributed by atoms with Gasteiger partial charge in [-0.3, -0.25) is 9.48 Å². The second kappa shape index (κ2) is 4.88. The summed E-state index contributed by atoms with van der Waals surface area (Å²) in [6, 6.07) is 0.189. The molecule has 1 aliphatic rings. The van der Waals surface area contributed by atoms with Crippen LogP contribution < -0.4 is 16.4 Å². The normalized spacial score (nSPS) is 19.3. The number of nitrogen functional groups attached to an aromatic ring is 1. The van der Waals surface area contributed by atoms with E-state index in [2.05, 4.69) is 29.6 Å². The molecule has 18 heavy (non-hydrogen) atoms. The molecular formula is C12H21N5O. The number of aryl methyl sites for hydroxylation is 1. The molecule has 1 saturated heterocycles.